The van der Waals surface area contributed by atoms with E-state index in [1.165, 1.54) is 60.1 Å². The molecular formula is C40H24N2O. The minimum Gasteiger partial charge on any atom is -0.456 e. The van der Waals surface area contributed by atoms with Gasteiger partial charge in [-0.05, 0) is 53.9 Å². The van der Waals surface area contributed by atoms with E-state index in [2.05, 4.69) is 143 Å². The second kappa shape index (κ2) is 8.37. The molecule has 0 N–H and O–H groups in total. The van der Waals surface area contributed by atoms with Crippen molar-refractivity contribution >= 4 is 76.3 Å². The third kappa shape index (κ3) is 3.03. The molecule has 0 bridgehead atoms. The van der Waals surface area contributed by atoms with Crippen LogP contribution in [0.15, 0.2) is 150 Å². The van der Waals surface area contributed by atoms with Crippen LogP contribution in [-0.4, -0.2) is 9.13 Å². The molecule has 10 aromatic rings. The van der Waals surface area contributed by atoms with E-state index in [0.717, 1.165) is 27.6 Å². The molecule has 43 heavy (non-hydrogen) atoms. The van der Waals surface area contributed by atoms with Crippen LogP contribution in [0.3, 0.4) is 0 Å². The van der Waals surface area contributed by atoms with Gasteiger partial charge in [-0.25, -0.2) is 0 Å². The molecule has 0 saturated heterocycles. The molecule has 7 aromatic carbocycles. The van der Waals surface area contributed by atoms with Crippen molar-refractivity contribution in [1.29, 1.82) is 0 Å². The molecule has 0 aliphatic heterocycles. The zero-order valence-electron chi connectivity index (χ0n) is 23.2. The van der Waals surface area contributed by atoms with Crippen LogP contribution in [0.25, 0.3) is 87.7 Å². The Hall–Kier alpha value is -5.80. The zero-order valence-corrected chi connectivity index (χ0v) is 23.2. The predicted octanol–water partition coefficient (Wildman–Crippen LogP) is 10.9. The quantitative estimate of drug-likeness (QED) is 0.211. The standard InChI is InChI=1S/C40H24N2O/c1-2-12-27-25(10-1)11-9-18-32(27)42-34-17-7-4-15-31(34)40-36(42)23-22-35-39(40)30-14-3-6-16-33(30)41(35)26-20-21-29-28-13-5-8-19-37(28)43-38(29)24-26/h1-24H. The van der Waals surface area contributed by atoms with Crippen LogP contribution in [0.5, 0.6) is 0 Å². The third-order valence-electron chi connectivity index (χ3n) is 9.10. The minimum absolute atomic E-state index is 0.901. The first-order valence-corrected chi connectivity index (χ1v) is 14.7. The summed E-state index contributed by atoms with van der Waals surface area (Å²) in [6, 6.07) is 52.3. The van der Waals surface area contributed by atoms with Crippen LogP contribution in [0, 0.1) is 0 Å². The Labute approximate surface area is 246 Å². The lowest BCUT2D eigenvalue weighted by molar-refractivity contribution is 0.668. The second-order valence-electron chi connectivity index (χ2n) is 11.3. The van der Waals surface area contributed by atoms with Crippen LogP contribution in [0.1, 0.15) is 0 Å². The molecule has 0 aliphatic rings. The van der Waals surface area contributed by atoms with Crippen LogP contribution in [0.4, 0.5) is 0 Å². The Morgan fingerprint density at radius 3 is 1.74 bits per heavy atom. The molecule has 3 nitrogen and oxygen atoms in total. The number of aromatic nitrogens is 2. The van der Waals surface area contributed by atoms with Crippen molar-refractivity contribution in [3.63, 3.8) is 0 Å². The van der Waals surface area contributed by atoms with E-state index < -0.39 is 0 Å². The highest BCUT2D eigenvalue weighted by Crippen LogP contribution is 2.43. The molecule has 0 fully saturated rings. The molecule has 0 saturated carbocycles. The summed E-state index contributed by atoms with van der Waals surface area (Å²) in [6.07, 6.45) is 0. The molecule has 0 radical (unpaired) electrons. The van der Waals surface area contributed by atoms with Gasteiger partial charge in [-0.3, -0.25) is 0 Å². The topological polar surface area (TPSA) is 23.0 Å². The van der Waals surface area contributed by atoms with Crippen molar-refractivity contribution in [2.24, 2.45) is 0 Å². The van der Waals surface area contributed by atoms with Crippen molar-refractivity contribution in [2.45, 2.75) is 0 Å². The first kappa shape index (κ1) is 22.8. The smallest absolute Gasteiger partial charge is 0.137 e. The molecule has 0 atom stereocenters. The summed E-state index contributed by atoms with van der Waals surface area (Å²) in [5.41, 5.74) is 8.89. The molecule has 0 amide bonds. The monoisotopic (exact) mass is 548 g/mol. The minimum atomic E-state index is 0.901. The predicted molar refractivity (Wildman–Crippen MR) is 180 cm³/mol. The van der Waals surface area contributed by atoms with Crippen molar-refractivity contribution in [3.05, 3.63) is 146 Å². The van der Waals surface area contributed by atoms with Crippen molar-refractivity contribution in [1.82, 2.24) is 9.13 Å². The Kier molecular flexibility index (Phi) is 4.45. The Balaban J connectivity index is 1.35. The van der Waals surface area contributed by atoms with Gasteiger partial charge in [0.05, 0.1) is 27.8 Å². The van der Waals surface area contributed by atoms with E-state index in [1.807, 2.05) is 12.1 Å². The fraction of sp³-hybridized carbons (Fsp3) is 0. The fourth-order valence-corrected chi connectivity index (χ4v) is 7.31. The van der Waals surface area contributed by atoms with Crippen molar-refractivity contribution in [3.8, 4) is 11.4 Å². The number of benzene rings is 7. The lowest BCUT2D eigenvalue weighted by Gasteiger charge is -2.12. The maximum absolute atomic E-state index is 6.31. The number of furan rings is 1. The second-order valence-corrected chi connectivity index (χ2v) is 11.3. The van der Waals surface area contributed by atoms with Gasteiger partial charge >= 0.3 is 0 Å². The van der Waals surface area contributed by atoms with E-state index in [-0.39, 0.29) is 0 Å². The summed E-state index contributed by atoms with van der Waals surface area (Å²) >= 11 is 0. The Bertz CT molecular complexity index is 2730. The van der Waals surface area contributed by atoms with E-state index in [9.17, 15) is 0 Å². The number of rotatable bonds is 2. The van der Waals surface area contributed by atoms with Crippen LogP contribution in [0.2, 0.25) is 0 Å². The highest BCUT2D eigenvalue weighted by Gasteiger charge is 2.21. The molecule has 0 unspecified atom stereocenters. The summed E-state index contributed by atoms with van der Waals surface area (Å²) in [5, 5.41) is 9.82. The number of fused-ring (bicyclic) bond motifs is 11. The van der Waals surface area contributed by atoms with E-state index >= 15 is 0 Å². The number of hydrogen-bond acceptors (Lipinski definition) is 1. The van der Waals surface area contributed by atoms with E-state index in [4.69, 9.17) is 4.42 Å². The summed E-state index contributed by atoms with van der Waals surface area (Å²) in [7, 11) is 0. The SMILES string of the molecule is c1ccc2c(-n3c4ccccc4c4c5c6ccccc6n(-c6ccc7c(c6)oc6ccccc67)c5ccc43)cccc2c1. The Morgan fingerprint density at radius 1 is 0.372 bits per heavy atom. The van der Waals surface area contributed by atoms with Gasteiger partial charge in [-0.15, -0.1) is 0 Å². The highest BCUT2D eigenvalue weighted by atomic mass is 16.3. The van der Waals surface area contributed by atoms with E-state index in [1.54, 1.807) is 0 Å². The lowest BCUT2D eigenvalue weighted by atomic mass is 10.1. The third-order valence-corrected chi connectivity index (χ3v) is 9.10. The van der Waals surface area contributed by atoms with E-state index in [0.29, 0.717) is 0 Å². The molecule has 3 heteroatoms. The van der Waals surface area contributed by atoms with Crippen LogP contribution >= 0.6 is 0 Å². The zero-order chi connectivity index (χ0) is 28.1. The maximum Gasteiger partial charge on any atom is 0.137 e. The molecule has 3 heterocycles. The average molecular weight is 549 g/mol. The van der Waals surface area contributed by atoms with Gasteiger partial charge in [-0.1, -0.05) is 91.0 Å². The van der Waals surface area contributed by atoms with Gasteiger partial charge in [0.1, 0.15) is 11.2 Å². The molecule has 200 valence electrons. The van der Waals surface area contributed by atoms with Gasteiger partial charge in [0, 0.05) is 49.5 Å². The molecule has 0 aliphatic carbocycles. The lowest BCUT2D eigenvalue weighted by Crippen LogP contribution is -1.95. The van der Waals surface area contributed by atoms with Gasteiger partial charge < -0.3 is 13.6 Å². The van der Waals surface area contributed by atoms with Gasteiger partial charge in [0.25, 0.3) is 0 Å². The number of nitrogens with zero attached hydrogens (tertiary/aromatic N) is 2. The molecular weight excluding hydrogens is 524 g/mol. The van der Waals surface area contributed by atoms with Crippen molar-refractivity contribution in [2.75, 3.05) is 0 Å². The largest absolute Gasteiger partial charge is 0.456 e. The summed E-state index contributed by atoms with van der Waals surface area (Å²) < 4.78 is 11.1. The van der Waals surface area contributed by atoms with Crippen LogP contribution in [-0.2, 0) is 0 Å². The maximum atomic E-state index is 6.31. The Morgan fingerprint density at radius 2 is 0.953 bits per heavy atom. The number of hydrogen-bond donors (Lipinski definition) is 0. The average Bonchev–Trinajstić information content (AvgIpc) is 3.71. The normalized spacial score (nSPS) is 12.2. The molecule has 3 aromatic heterocycles. The summed E-state index contributed by atoms with van der Waals surface area (Å²) in [6.45, 7) is 0. The van der Waals surface area contributed by atoms with Crippen molar-refractivity contribution < 1.29 is 4.42 Å². The number of para-hydroxylation sites is 3. The van der Waals surface area contributed by atoms with Gasteiger partial charge in [0.15, 0.2) is 0 Å². The summed E-state index contributed by atoms with van der Waals surface area (Å²) in [5.74, 6) is 0. The first-order chi connectivity index (χ1) is 21.3. The fourth-order valence-electron chi connectivity index (χ4n) is 7.31. The molecule has 0 spiro atoms. The highest BCUT2D eigenvalue weighted by molar-refractivity contribution is 6.29. The van der Waals surface area contributed by atoms with Gasteiger partial charge in [0.2, 0.25) is 0 Å². The first-order valence-electron chi connectivity index (χ1n) is 14.7. The summed E-state index contributed by atoms with van der Waals surface area (Å²) in [4.78, 5) is 0. The van der Waals surface area contributed by atoms with Gasteiger partial charge in [-0.2, -0.15) is 0 Å². The van der Waals surface area contributed by atoms with Crippen LogP contribution < -0.4 is 0 Å². The molecule has 10 rings (SSSR count).